The molecule has 2 nitrogen and oxygen atoms in total. The van der Waals surface area contributed by atoms with Crippen molar-refractivity contribution in [1.82, 2.24) is 5.32 Å². The molecule has 0 aliphatic carbocycles. The zero-order chi connectivity index (χ0) is 10.9. The topological polar surface area (TPSA) is 25.2 Å². The Morgan fingerprint density at radius 3 is 2.93 bits per heavy atom. The van der Waals surface area contributed by atoms with Gasteiger partial charge in [0.05, 0.1) is 12.0 Å². The van der Waals surface area contributed by atoms with Crippen molar-refractivity contribution in [1.29, 1.82) is 0 Å². The molecule has 0 aliphatic heterocycles. The number of rotatable bonds is 8. The lowest BCUT2D eigenvalue weighted by Crippen LogP contribution is -2.16. The van der Waals surface area contributed by atoms with E-state index in [2.05, 4.69) is 19.2 Å². The average molecular weight is 227 g/mol. The van der Waals surface area contributed by atoms with Crippen LogP contribution in [0.15, 0.2) is 16.7 Å². The van der Waals surface area contributed by atoms with Gasteiger partial charge < -0.3 is 9.73 Å². The first-order valence-corrected chi connectivity index (χ1v) is 6.81. The van der Waals surface area contributed by atoms with Crippen molar-refractivity contribution < 1.29 is 4.42 Å². The van der Waals surface area contributed by atoms with Crippen LogP contribution in [-0.4, -0.2) is 18.8 Å². The maximum Gasteiger partial charge on any atom is 0.116 e. The highest BCUT2D eigenvalue weighted by Crippen LogP contribution is 2.17. The summed E-state index contributed by atoms with van der Waals surface area (Å²) in [7, 11) is 0. The second-order valence-electron chi connectivity index (χ2n) is 3.68. The fourth-order valence-electron chi connectivity index (χ4n) is 1.32. The Morgan fingerprint density at radius 2 is 2.27 bits per heavy atom. The van der Waals surface area contributed by atoms with E-state index in [1.54, 1.807) is 6.26 Å². The molecule has 1 heterocycles. The van der Waals surface area contributed by atoms with E-state index in [4.69, 9.17) is 4.42 Å². The van der Waals surface area contributed by atoms with Gasteiger partial charge in [-0.15, -0.1) is 0 Å². The lowest BCUT2D eigenvalue weighted by Gasteiger charge is -2.02. The van der Waals surface area contributed by atoms with Crippen molar-refractivity contribution >= 4 is 11.8 Å². The summed E-state index contributed by atoms with van der Waals surface area (Å²) in [5.74, 6) is 3.34. The molecule has 15 heavy (non-hydrogen) atoms. The number of furan rings is 1. The average Bonchev–Trinajstić information content (AvgIpc) is 2.63. The lowest BCUT2D eigenvalue weighted by atomic mass is 10.3. The molecule has 0 saturated heterocycles. The first-order valence-electron chi connectivity index (χ1n) is 5.66. The summed E-state index contributed by atoms with van der Waals surface area (Å²) >= 11 is 1.95. The first-order chi connectivity index (χ1) is 7.34. The van der Waals surface area contributed by atoms with Gasteiger partial charge in [-0.05, 0) is 50.2 Å². The van der Waals surface area contributed by atoms with Gasteiger partial charge in [-0.1, -0.05) is 6.92 Å². The van der Waals surface area contributed by atoms with Crippen LogP contribution in [0.1, 0.15) is 31.1 Å². The molecule has 0 atom stereocenters. The molecular weight excluding hydrogens is 206 g/mol. The predicted molar refractivity (Wildman–Crippen MR) is 67.4 cm³/mol. The minimum atomic E-state index is 1.01. The summed E-state index contributed by atoms with van der Waals surface area (Å²) in [6.45, 7) is 6.57. The minimum Gasteiger partial charge on any atom is -0.468 e. The fourth-order valence-corrected chi connectivity index (χ4v) is 2.29. The van der Waals surface area contributed by atoms with Gasteiger partial charge in [0.15, 0.2) is 0 Å². The number of hydrogen-bond acceptors (Lipinski definition) is 3. The molecule has 0 unspecified atom stereocenters. The second kappa shape index (κ2) is 7.83. The monoisotopic (exact) mass is 227 g/mol. The summed E-state index contributed by atoms with van der Waals surface area (Å²) in [5.41, 5.74) is 1.27. The third kappa shape index (κ3) is 5.28. The Kier molecular flexibility index (Phi) is 6.60. The smallest absolute Gasteiger partial charge is 0.116 e. The number of aryl methyl sites for hydroxylation is 1. The molecule has 0 spiro atoms. The Bertz CT molecular complexity index is 260. The Labute approximate surface area is 96.8 Å². The SMILES string of the molecule is CCCNCCCSCc1occc1C. The van der Waals surface area contributed by atoms with Gasteiger partial charge >= 0.3 is 0 Å². The molecule has 0 bridgehead atoms. The van der Waals surface area contributed by atoms with Gasteiger partial charge in [-0.3, -0.25) is 0 Å². The van der Waals surface area contributed by atoms with E-state index in [0.717, 1.165) is 24.6 Å². The van der Waals surface area contributed by atoms with E-state index in [-0.39, 0.29) is 0 Å². The fraction of sp³-hybridized carbons (Fsp3) is 0.667. The highest BCUT2D eigenvalue weighted by atomic mass is 32.2. The van der Waals surface area contributed by atoms with Crippen LogP contribution in [0.25, 0.3) is 0 Å². The molecule has 0 saturated carbocycles. The number of thioether (sulfide) groups is 1. The molecule has 1 aromatic rings. The highest BCUT2D eigenvalue weighted by molar-refractivity contribution is 7.98. The quantitative estimate of drug-likeness (QED) is 0.690. The normalized spacial score (nSPS) is 10.8. The molecule has 0 radical (unpaired) electrons. The van der Waals surface area contributed by atoms with Crippen LogP contribution >= 0.6 is 11.8 Å². The van der Waals surface area contributed by atoms with E-state index in [0.29, 0.717) is 0 Å². The second-order valence-corrected chi connectivity index (χ2v) is 4.79. The van der Waals surface area contributed by atoms with Crippen molar-refractivity contribution in [2.24, 2.45) is 0 Å². The van der Waals surface area contributed by atoms with Crippen molar-refractivity contribution in [3.63, 3.8) is 0 Å². The van der Waals surface area contributed by atoms with Crippen molar-refractivity contribution in [2.75, 3.05) is 18.8 Å². The Morgan fingerprint density at radius 1 is 1.40 bits per heavy atom. The lowest BCUT2D eigenvalue weighted by molar-refractivity contribution is 0.528. The van der Waals surface area contributed by atoms with E-state index in [1.165, 1.54) is 24.2 Å². The van der Waals surface area contributed by atoms with Crippen molar-refractivity contribution in [2.45, 2.75) is 32.4 Å². The van der Waals surface area contributed by atoms with Gasteiger partial charge in [0.2, 0.25) is 0 Å². The third-order valence-corrected chi connectivity index (χ3v) is 3.31. The third-order valence-electron chi connectivity index (χ3n) is 2.27. The zero-order valence-corrected chi connectivity index (χ0v) is 10.5. The highest BCUT2D eigenvalue weighted by Gasteiger charge is 2.00. The maximum absolute atomic E-state index is 5.37. The molecule has 0 fully saturated rings. The van der Waals surface area contributed by atoms with Gasteiger partial charge in [-0.25, -0.2) is 0 Å². The van der Waals surface area contributed by atoms with Crippen LogP contribution in [0, 0.1) is 6.92 Å². The van der Waals surface area contributed by atoms with Gasteiger partial charge in [-0.2, -0.15) is 11.8 Å². The molecule has 1 N–H and O–H groups in total. The summed E-state index contributed by atoms with van der Waals surface area (Å²) in [6.07, 6.45) is 4.23. The number of hydrogen-bond donors (Lipinski definition) is 1. The first kappa shape index (κ1) is 12.7. The zero-order valence-electron chi connectivity index (χ0n) is 9.71. The van der Waals surface area contributed by atoms with Crippen LogP contribution < -0.4 is 5.32 Å². The molecule has 0 aliphatic rings. The minimum absolute atomic E-state index is 1.01. The molecule has 0 aromatic carbocycles. The summed E-state index contributed by atoms with van der Waals surface area (Å²) in [4.78, 5) is 0. The van der Waals surface area contributed by atoms with Crippen molar-refractivity contribution in [3.05, 3.63) is 23.7 Å². The van der Waals surface area contributed by atoms with E-state index in [9.17, 15) is 0 Å². The Hall–Kier alpha value is -0.410. The van der Waals surface area contributed by atoms with Crippen molar-refractivity contribution in [3.8, 4) is 0 Å². The molecule has 86 valence electrons. The van der Waals surface area contributed by atoms with Crippen LogP contribution in [0.2, 0.25) is 0 Å². The summed E-state index contributed by atoms with van der Waals surface area (Å²) < 4.78 is 5.37. The van der Waals surface area contributed by atoms with Gasteiger partial charge in [0.1, 0.15) is 5.76 Å². The molecule has 3 heteroatoms. The standard InChI is InChI=1S/C12H21NOS/c1-3-6-13-7-4-9-15-10-12-11(2)5-8-14-12/h5,8,13H,3-4,6-7,9-10H2,1-2H3. The van der Waals surface area contributed by atoms with E-state index >= 15 is 0 Å². The molecule has 0 amide bonds. The largest absolute Gasteiger partial charge is 0.468 e. The molecule has 1 aromatic heterocycles. The van der Waals surface area contributed by atoms with Gasteiger partial charge in [0.25, 0.3) is 0 Å². The van der Waals surface area contributed by atoms with Crippen LogP contribution in [-0.2, 0) is 5.75 Å². The Balaban J connectivity index is 1.96. The van der Waals surface area contributed by atoms with Crippen LogP contribution in [0.4, 0.5) is 0 Å². The number of nitrogens with one attached hydrogen (secondary N) is 1. The van der Waals surface area contributed by atoms with E-state index in [1.807, 2.05) is 17.8 Å². The summed E-state index contributed by atoms with van der Waals surface area (Å²) in [5, 5.41) is 3.40. The van der Waals surface area contributed by atoms with Crippen LogP contribution in [0.3, 0.4) is 0 Å². The molecular formula is C12H21NOS. The van der Waals surface area contributed by atoms with Gasteiger partial charge in [0, 0.05) is 0 Å². The molecule has 1 rings (SSSR count). The summed E-state index contributed by atoms with van der Waals surface area (Å²) in [6, 6.07) is 2.03. The predicted octanol–water partition coefficient (Wildman–Crippen LogP) is 3.21. The maximum atomic E-state index is 5.37. The van der Waals surface area contributed by atoms with Crippen LogP contribution in [0.5, 0.6) is 0 Å². The van der Waals surface area contributed by atoms with E-state index < -0.39 is 0 Å².